The fourth-order valence-corrected chi connectivity index (χ4v) is 1.78. The van der Waals surface area contributed by atoms with Crippen molar-refractivity contribution in [2.24, 2.45) is 0 Å². The van der Waals surface area contributed by atoms with E-state index in [1.54, 1.807) is 0 Å². The molecule has 0 saturated heterocycles. The summed E-state index contributed by atoms with van der Waals surface area (Å²) in [4.78, 5) is 8.25. The molecule has 0 saturated carbocycles. The molecule has 5 nitrogen and oxygen atoms in total. The van der Waals surface area contributed by atoms with Crippen LogP contribution in [0.25, 0.3) is 0 Å². The van der Waals surface area contributed by atoms with Crippen LogP contribution in [-0.4, -0.2) is 43.0 Å². The first-order valence-electron chi connectivity index (χ1n) is 6.70. The fraction of sp³-hybridized carbons (Fsp3) is 0.692. The molecule has 8 heteroatoms. The molecule has 1 rings (SSSR count). The number of alkyl halides is 3. The lowest BCUT2D eigenvalue weighted by Crippen LogP contribution is -2.26. The highest BCUT2D eigenvalue weighted by atomic mass is 19.4. The fourth-order valence-electron chi connectivity index (χ4n) is 1.78. The molecule has 1 aromatic heterocycles. The molecule has 0 aliphatic rings. The van der Waals surface area contributed by atoms with E-state index in [4.69, 9.17) is 4.74 Å². The first kappa shape index (κ1) is 17.6. The van der Waals surface area contributed by atoms with Crippen molar-refractivity contribution in [2.75, 3.05) is 26.9 Å². The van der Waals surface area contributed by atoms with Gasteiger partial charge in [-0.3, -0.25) is 4.98 Å². The highest BCUT2D eigenvalue weighted by molar-refractivity contribution is 5.21. The van der Waals surface area contributed by atoms with Gasteiger partial charge in [-0.05, 0) is 19.4 Å². The van der Waals surface area contributed by atoms with Gasteiger partial charge in [0.15, 0.2) is 0 Å². The van der Waals surface area contributed by atoms with E-state index in [2.05, 4.69) is 20.0 Å². The van der Waals surface area contributed by atoms with Crippen LogP contribution in [0.3, 0.4) is 0 Å². The summed E-state index contributed by atoms with van der Waals surface area (Å²) in [5, 5.41) is 3.21. The van der Waals surface area contributed by atoms with Crippen molar-refractivity contribution in [1.29, 1.82) is 0 Å². The number of methoxy groups -OCH3 is 1. The zero-order valence-corrected chi connectivity index (χ0v) is 12.1. The molecule has 1 aromatic rings. The second-order valence-electron chi connectivity index (χ2n) is 4.41. The van der Waals surface area contributed by atoms with Crippen LogP contribution in [0.4, 0.5) is 13.2 Å². The van der Waals surface area contributed by atoms with Gasteiger partial charge < -0.3 is 14.8 Å². The van der Waals surface area contributed by atoms with Gasteiger partial charge in [0.2, 0.25) is 5.88 Å². The third-order valence-electron chi connectivity index (χ3n) is 2.67. The Labute approximate surface area is 121 Å². The van der Waals surface area contributed by atoms with Crippen molar-refractivity contribution in [3.05, 3.63) is 18.1 Å². The molecule has 0 aromatic carbocycles. The zero-order valence-electron chi connectivity index (χ0n) is 12.1. The maximum atomic E-state index is 12.0. The van der Waals surface area contributed by atoms with E-state index in [0.29, 0.717) is 24.5 Å². The van der Waals surface area contributed by atoms with Crippen molar-refractivity contribution in [3.63, 3.8) is 0 Å². The molecule has 0 aliphatic heterocycles. The summed E-state index contributed by atoms with van der Waals surface area (Å²) in [5.41, 5.74) is 0.573. The van der Waals surface area contributed by atoms with E-state index in [-0.39, 0.29) is 12.6 Å². The van der Waals surface area contributed by atoms with Crippen LogP contribution in [0.2, 0.25) is 0 Å². The van der Waals surface area contributed by atoms with Gasteiger partial charge in [0.05, 0.1) is 13.2 Å². The van der Waals surface area contributed by atoms with Crippen molar-refractivity contribution < 1.29 is 22.6 Å². The van der Waals surface area contributed by atoms with E-state index in [1.807, 2.05) is 6.92 Å². The van der Waals surface area contributed by atoms with Crippen LogP contribution in [0.1, 0.15) is 31.5 Å². The highest BCUT2D eigenvalue weighted by Gasteiger charge is 2.27. The minimum absolute atomic E-state index is 0.0272. The standard InChI is InChI=1S/C13H20F3N3O2/c1-3-5-17-10(4-8-21-9-13(14,15)16)11-12(20-2)19-7-6-18-11/h6-7,10,17H,3-5,8-9H2,1-2H3. The summed E-state index contributed by atoms with van der Waals surface area (Å²) in [5.74, 6) is 0.363. The molecule has 0 fully saturated rings. The van der Waals surface area contributed by atoms with Crippen molar-refractivity contribution in [1.82, 2.24) is 15.3 Å². The van der Waals surface area contributed by atoms with E-state index in [1.165, 1.54) is 19.5 Å². The average molecular weight is 307 g/mol. The van der Waals surface area contributed by atoms with Gasteiger partial charge in [0.1, 0.15) is 12.3 Å². The molecular formula is C13H20F3N3O2. The molecule has 21 heavy (non-hydrogen) atoms. The van der Waals surface area contributed by atoms with Gasteiger partial charge in [-0.15, -0.1) is 0 Å². The van der Waals surface area contributed by atoms with Crippen LogP contribution in [0.15, 0.2) is 12.4 Å². The van der Waals surface area contributed by atoms with Gasteiger partial charge in [-0.1, -0.05) is 6.92 Å². The van der Waals surface area contributed by atoms with Crippen LogP contribution in [0.5, 0.6) is 5.88 Å². The number of hydrogen-bond donors (Lipinski definition) is 1. The van der Waals surface area contributed by atoms with Gasteiger partial charge in [-0.25, -0.2) is 4.98 Å². The largest absolute Gasteiger partial charge is 0.480 e. The zero-order chi connectivity index (χ0) is 15.7. The Morgan fingerprint density at radius 3 is 2.62 bits per heavy atom. The number of rotatable bonds is 9. The second kappa shape index (κ2) is 8.78. The van der Waals surface area contributed by atoms with Crippen LogP contribution in [0, 0.1) is 0 Å². The topological polar surface area (TPSA) is 56.3 Å². The van der Waals surface area contributed by atoms with E-state index in [0.717, 1.165) is 6.42 Å². The van der Waals surface area contributed by atoms with Gasteiger partial charge in [-0.2, -0.15) is 13.2 Å². The monoisotopic (exact) mass is 307 g/mol. The lowest BCUT2D eigenvalue weighted by molar-refractivity contribution is -0.174. The number of nitrogens with zero attached hydrogens (tertiary/aromatic N) is 2. The maximum Gasteiger partial charge on any atom is 0.411 e. The molecule has 120 valence electrons. The quantitative estimate of drug-likeness (QED) is 0.710. The number of aromatic nitrogens is 2. The smallest absolute Gasteiger partial charge is 0.411 e. The molecule has 0 aliphatic carbocycles. The molecule has 1 N–H and O–H groups in total. The second-order valence-corrected chi connectivity index (χ2v) is 4.41. The van der Waals surface area contributed by atoms with Crippen LogP contribution in [-0.2, 0) is 4.74 Å². The predicted molar refractivity (Wildman–Crippen MR) is 71.1 cm³/mol. The van der Waals surface area contributed by atoms with Crippen LogP contribution >= 0.6 is 0 Å². The third kappa shape index (κ3) is 6.72. The maximum absolute atomic E-state index is 12.0. The molecule has 0 bridgehead atoms. The Balaban J connectivity index is 2.63. The average Bonchev–Trinajstić information content (AvgIpc) is 2.45. The first-order valence-corrected chi connectivity index (χ1v) is 6.70. The summed E-state index contributed by atoms with van der Waals surface area (Å²) in [6.45, 7) is 1.44. The Hall–Kier alpha value is -1.41. The number of ether oxygens (including phenoxy) is 2. The van der Waals surface area contributed by atoms with Crippen molar-refractivity contribution in [2.45, 2.75) is 32.0 Å². The molecular weight excluding hydrogens is 287 g/mol. The molecule has 1 heterocycles. The summed E-state index contributed by atoms with van der Waals surface area (Å²) < 4.78 is 45.9. The van der Waals surface area contributed by atoms with E-state index < -0.39 is 12.8 Å². The normalized spacial score (nSPS) is 13.2. The molecule has 1 unspecified atom stereocenters. The highest BCUT2D eigenvalue weighted by Crippen LogP contribution is 2.23. The molecule has 0 radical (unpaired) electrons. The molecule has 0 spiro atoms. The number of hydrogen-bond acceptors (Lipinski definition) is 5. The molecule has 0 amide bonds. The van der Waals surface area contributed by atoms with E-state index >= 15 is 0 Å². The minimum Gasteiger partial charge on any atom is -0.480 e. The number of halogens is 3. The first-order chi connectivity index (χ1) is 9.98. The Morgan fingerprint density at radius 1 is 1.29 bits per heavy atom. The van der Waals surface area contributed by atoms with Gasteiger partial charge in [0.25, 0.3) is 0 Å². The lowest BCUT2D eigenvalue weighted by Gasteiger charge is -2.19. The summed E-state index contributed by atoms with van der Waals surface area (Å²) in [7, 11) is 1.48. The Morgan fingerprint density at radius 2 is 2.00 bits per heavy atom. The number of nitrogens with one attached hydrogen (secondary N) is 1. The summed E-state index contributed by atoms with van der Waals surface area (Å²) in [6.07, 6.45) is -0.0430. The summed E-state index contributed by atoms with van der Waals surface area (Å²) in [6, 6.07) is -0.262. The Bertz CT molecular complexity index is 416. The SMILES string of the molecule is CCCNC(CCOCC(F)(F)F)c1nccnc1OC. The van der Waals surface area contributed by atoms with Crippen molar-refractivity contribution >= 4 is 0 Å². The van der Waals surface area contributed by atoms with Gasteiger partial charge in [0, 0.05) is 19.0 Å². The molecule has 1 atom stereocenters. The third-order valence-corrected chi connectivity index (χ3v) is 2.67. The summed E-state index contributed by atoms with van der Waals surface area (Å²) >= 11 is 0. The lowest BCUT2D eigenvalue weighted by atomic mass is 10.1. The Kier molecular flexibility index (Phi) is 7.38. The van der Waals surface area contributed by atoms with E-state index in [9.17, 15) is 13.2 Å². The van der Waals surface area contributed by atoms with Crippen molar-refractivity contribution in [3.8, 4) is 5.88 Å². The minimum atomic E-state index is -4.31. The predicted octanol–water partition coefficient (Wildman–Crippen LogP) is 2.49. The van der Waals surface area contributed by atoms with Crippen LogP contribution < -0.4 is 10.1 Å². The van der Waals surface area contributed by atoms with Gasteiger partial charge >= 0.3 is 6.18 Å².